The van der Waals surface area contributed by atoms with Gasteiger partial charge in [0.15, 0.2) is 0 Å². The Morgan fingerprint density at radius 2 is 1.89 bits per heavy atom. The molecule has 0 N–H and O–H groups in total. The first kappa shape index (κ1) is 12.3. The lowest BCUT2D eigenvalue weighted by Gasteiger charge is -2.30. The summed E-state index contributed by atoms with van der Waals surface area (Å²) >= 11 is 0. The molecule has 1 aromatic rings. The van der Waals surface area contributed by atoms with Crippen molar-refractivity contribution >= 4 is 17.6 Å². The van der Waals surface area contributed by atoms with Gasteiger partial charge in [-0.3, -0.25) is 9.59 Å². The van der Waals surface area contributed by atoms with Gasteiger partial charge in [0.05, 0.1) is 5.41 Å². The van der Waals surface area contributed by atoms with Gasteiger partial charge in [0.25, 0.3) is 0 Å². The first-order valence-corrected chi connectivity index (χ1v) is 6.93. The van der Waals surface area contributed by atoms with E-state index in [9.17, 15) is 9.59 Å². The fourth-order valence-corrected chi connectivity index (χ4v) is 3.30. The predicted molar refractivity (Wildman–Crippen MR) is 71.6 cm³/mol. The van der Waals surface area contributed by atoms with Gasteiger partial charge in [-0.1, -0.05) is 25.3 Å². The van der Waals surface area contributed by atoms with Crippen molar-refractivity contribution in [3.05, 3.63) is 23.9 Å². The lowest BCUT2D eigenvalue weighted by molar-refractivity contribution is -0.127. The molecule has 4 nitrogen and oxygen atoms in total. The number of hydrogen-bond acceptors (Lipinski definition) is 3. The molecule has 0 unspecified atom stereocenters. The molecule has 0 radical (unpaired) electrons. The summed E-state index contributed by atoms with van der Waals surface area (Å²) in [6, 6.07) is 5.44. The molecule has 1 saturated heterocycles. The number of aromatic nitrogens is 1. The van der Waals surface area contributed by atoms with Crippen LogP contribution in [0.1, 0.15) is 44.2 Å². The van der Waals surface area contributed by atoms with Gasteiger partial charge >= 0.3 is 0 Å². The van der Waals surface area contributed by atoms with Gasteiger partial charge in [0.1, 0.15) is 5.82 Å². The normalized spacial score (nSPS) is 22.3. The monoisotopic (exact) mass is 258 g/mol. The van der Waals surface area contributed by atoms with E-state index in [-0.39, 0.29) is 11.8 Å². The van der Waals surface area contributed by atoms with Gasteiger partial charge in [0, 0.05) is 12.1 Å². The molecule has 2 aliphatic rings. The molecular weight excluding hydrogens is 240 g/mol. The van der Waals surface area contributed by atoms with Gasteiger partial charge in [-0.05, 0) is 31.9 Å². The number of pyridine rings is 1. The number of amides is 2. The molecule has 19 heavy (non-hydrogen) atoms. The van der Waals surface area contributed by atoms with Crippen molar-refractivity contribution in [1.82, 2.24) is 4.98 Å². The van der Waals surface area contributed by atoms with Crippen LogP contribution in [0.5, 0.6) is 0 Å². The van der Waals surface area contributed by atoms with Gasteiger partial charge in [-0.15, -0.1) is 0 Å². The van der Waals surface area contributed by atoms with Gasteiger partial charge in [-0.2, -0.15) is 0 Å². The average Bonchev–Trinajstić information content (AvgIpc) is 2.62. The summed E-state index contributed by atoms with van der Waals surface area (Å²) in [5, 5.41) is 0. The molecule has 2 fully saturated rings. The van der Waals surface area contributed by atoms with Crippen LogP contribution in [0.25, 0.3) is 0 Å². The van der Waals surface area contributed by atoms with Crippen LogP contribution >= 0.6 is 0 Å². The van der Waals surface area contributed by atoms with Crippen molar-refractivity contribution in [2.75, 3.05) is 4.90 Å². The summed E-state index contributed by atoms with van der Waals surface area (Å²) in [5.41, 5.74) is 0.392. The molecule has 1 aromatic heterocycles. The summed E-state index contributed by atoms with van der Waals surface area (Å²) in [6.45, 7) is 1.87. The fraction of sp³-hybridized carbons (Fsp3) is 0.533. The molecule has 4 heteroatoms. The Balaban J connectivity index is 1.95. The minimum atomic E-state index is -0.430. The van der Waals surface area contributed by atoms with Crippen LogP contribution < -0.4 is 4.90 Å². The zero-order chi connectivity index (χ0) is 13.5. The standard InChI is InChI=1S/C15H18N2O2/c1-11-6-5-7-12(16-11)17-13(18)10-15(14(17)19)8-3-2-4-9-15/h5-7H,2-4,8-10H2,1H3. The molecule has 100 valence electrons. The highest BCUT2D eigenvalue weighted by molar-refractivity contribution is 6.22. The van der Waals surface area contributed by atoms with Crippen molar-refractivity contribution in [2.45, 2.75) is 45.4 Å². The van der Waals surface area contributed by atoms with Crippen LogP contribution in [0.15, 0.2) is 18.2 Å². The summed E-state index contributed by atoms with van der Waals surface area (Å²) < 4.78 is 0. The van der Waals surface area contributed by atoms with Crippen molar-refractivity contribution in [3.63, 3.8) is 0 Å². The summed E-state index contributed by atoms with van der Waals surface area (Å²) in [5.74, 6) is 0.359. The van der Waals surface area contributed by atoms with Gasteiger partial charge in [-0.25, -0.2) is 9.88 Å². The zero-order valence-corrected chi connectivity index (χ0v) is 11.2. The van der Waals surface area contributed by atoms with Crippen LogP contribution in [-0.4, -0.2) is 16.8 Å². The summed E-state index contributed by atoms with van der Waals surface area (Å²) in [4.78, 5) is 30.5. The van der Waals surface area contributed by atoms with Gasteiger partial charge < -0.3 is 0 Å². The van der Waals surface area contributed by atoms with Crippen molar-refractivity contribution in [3.8, 4) is 0 Å². The maximum atomic E-state index is 12.7. The highest BCUT2D eigenvalue weighted by Crippen LogP contribution is 2.46. The Hall–Kier alpha value is -1.71. The van der Waals surface area contributed by atoms with E-state index < -0.39 is 5.41 Å². The fourth-order valence-electron chi connectivity index (χ4n) is 3.30. The average molecular weight is 258 g/mol. The minimum absolute atomic E-state index is 0.0321. The molecule has 1 aliphatic carbocycles. The molecule has 2 heterocycles. The van der Waals surface area contributed by atoms with E-state index in [1.54, 1.807) is 6.07 Å². The Bertz CT molecular complexity index is 533. The molecule has 0 bridgehead atoms. The molecule has 3 rings (SSSR count). The van der Waals surface area contributed by atoms with E-state index in [0.717, 1.165) is 31.4 Å². The van der Waals surface area contributed by atoms with Crippen molar-refractivity contribution in [1.29, 1.82) is 0 Å². The molecule has 1 aliphatic heterocycles. The lowest BCUT2D eigenvalue weighted by Crippen LogP contribution is -2.37. The number of carbonyl (C=O) groups is 2. The van der Waals surface area contributed by atoms with Crippen LogP contribution in [0.3, 0.4) is 0 Å². The van der Waals surface area contributed by atoms with E-state index in [4.69, 9.17) is 0 Å². The van der Waals surface area contributed by atoms with E-state index in [1.165, 1.54) is 11.3 Å². The van der Waals surface area contributed by atoms with E-state index in [1.807, 2.05) is 19.1 Å². The number of anilines is 1. The van der Waals surface area contributed by atoms with E-state index >= 15 is 0 Å². The number of nitrogens with zero attached hydrogens (tertiary/aromatic N) is 2. The predicted octanol–water partition coefficient (Wildman–Crippen LogP) is 2.60. The number of aryl methyl sites for hydroxylation is 1. The lowest BCUT2D eigenvalue weighted by atomic mass is 9.73. The molecule has 1 spiro atoms. The number of imide groups is 1. The highest BCUT2D eigenvalue weighted by atomic mass is 16.2. The molecule has 0 atom stereocenters. The molecule has 2 amide bonds. The summed E-state index contributed by atoms with van der Waals surface area (Å²) in [7, 11) is 0. The van der Waals surface area contributed by atoms with Crippen LogP contribution in [-0.2, 0) is 9.59 Å². The third kappa shape index (κ3) is 1.95. The Morgan fingerprint density at radius 3 is 2.58 bits per heavy atom. The third-order valence-electron chi connectivity index (χ3n) is 4.31. The van der Waals surface area contributed by atoms with Crippen LogP contribution in [0, 0.1) is 12.3 Å². The van der Waals surface area contributed by atoms with Gasteiger partial charge in [0.2, 0.25) is 11.8 Å². The Morgan fingerprint density at radius 1 is 1.16 bits per heavy atom. The third-order valence-corrected chi connectivity index (χ3v) is 4.31. The smallest absolute Gasteiger partial charge is 0.241 e. The largest absolute Gasteiger partial charge is 0.274 e. The maximum Gasteiger partial charge on any atom is 0.241 e. The highest BCUT2D eigenvalue weighted by Gasteiger charge is 2.52. The first-order valence-electron chi connectivity index (χ1n) is 6.93. The topological polar surface area (TPSA) is 50.3 Å². The second-order valence-electron chi connectivity index (χ2n) is 5.69. The quantitative estimate of drug-likeness (QED) is 0.727. The molecule has 0 aromatic carbocycles. The number of rotatable bonds is 1. The van der Waals surface area contributed by atoms with Crippen molar-refractivity contribution < 1.29 is 9.59 Å². The van der Waals surface area contributed by atoms with Crippen molar-refractivity contribution in [2.24, 2.45) is 5.41 Å². The number of carbonyl (C=O) groups excluding carboxylic acids is 2. The SMILES string of the molecule is Cc1cccc(N2C(=O)CC3(CCCCC3)C2=O)n1. The summed E-state index contributed by atoms with van der Waals surface area (Å²) in [6.07, 6.45) is 5.33. The van der Waals surface area contributed by atoms with E-state index in [0.29, 0.717) is 12.2 Å². The maximum absolute atomic E-state index is 12.7. The second-order valence-corrected chi connectivity index (χ2v) is 5.69. The molecular formula is C15H18N2O2. The first-order chi connectivity index (χ1) is 9.12. The van der Waals surface area contributed by atoms with Crippen LogP contribution in [0.2, 0.25) is 0 Å². The minimum Gasteiger partial charge on any atom is -0.274 e. The number of hydrogen-bond donors (Lipinski definition) is 0. The Labute approximate surface area is 112 Å². The zero-order valence-electron chi connectivity index (χ0n) is 11.2. The van der Waals surface area contributed by atoms with E-state index in [2.05, 4.69) is 4.98 Å². The second kappa shape index (κ2) is 4.44. The van der Waals surface area contributed by atoms with Crippen LogP contribution in [0.4, 0.5) is 5.82 Å². The Kier molecular flexibility index (Phi) is 2.88. The molecule has 1 saturated carbocycles.